The van der Waals surface area contributed by atoms with E-state index in [0.29, 0.717) is 31.9 Å². The van der Waals surface area contributed by atoms with Gasteiger partial charge in [0.15, 0.2) is 11.5 Å². The predicted molar refractivity (Wildman–Crippen MR) is 88.4 cm³/mol. The van der Waals surface area contributed by atoms with Crippen LogP contribution in [0.15, 0.2) is 23.6 Å². The van der Waals surface area contributed by atoms with Crippen molar-refractivity contribution in [3.63, 3.8) is 0 Å². The maximum atomic E-state index is 12.8. The van der Waals surface area contributed by atoms with E-state index in [1.54, 1.807) is 11.3 Å². The maximum Gasteiger partial charge on any atom is 0.231 e. The Morgan fingerprint density at radius 3 is 3.08 bits per heavy atom. The topological polar surface area (TPSA) is 60.9 Å². The summed E-state index contributed by atoms with van der Waals surface area (Å²) in [6.45, 7) is 3.85. The monoisotopic (exact) mass is 346 g/mol. The highest BCUT2D eigenvalue weighted by Gasteiger charge is 2.30. The van der Waals surface area contributed by atoms with Gasteiger partial charge in [0.1, 0.15) is 0 Å². The van der Waals surface area contributed by atoms with Crippen molar-refractivity contribution in [2.24, 2.45) is 0 Å². The molecular weight excluding hydrogens is 328 g/mol. The fourth-order valence-electron chi connectivity index (χ4n) is 3.01. The highest BCUT2D eigenvalue weighted by Crippen LogP contribution is 2.33. The number of fused-ring (bicyclic) bond motifs is 1. The molecule has 0 bridgehead atoms. The van der Waals surface area contributed by atoms with Crippen LogP contribution in [0.25, 0.3) is 0 Å². The molecule has 0 aliphatic carbocycles. The first-order valence-corrected chi connectivity index (χ1v) is 8.76. The van der Waals surface area contributed by atoms with Crippen LogP contribution in [-0.2, 0) is 16.0 Å². The van der Waals surface area contributed by atoms with Gasteiger partial charge in [0.05, 0.1) is 36.4 Å². The van der Waals surface area contributed by atoms with E-state index in [1.807, 2.05) is 35.4 Å². The third-order valence-electron chi connectivity index (χ3n) is 4.22. The largest absolute Gasteiger partial charge is 0.454 e. The first-order chi connectivity index (χ1) is 11.7. The summed E-state index contributed by atoms with van der Waals surface area (Å²) in [5.74, 6) is 1.51. The van der Waals surface area contributed by atoms with Gasteiger partial charge < -0.3 is 19.1 Å². The van der Waals surface area contributed by atoms with Gasteiger partial charge in [0.2, 0.25) is 12.7 Å². The van der Waals surface area contributed by atoms with Crippen molar-refractivity contribution in [3.8, 4) is 11.5 Å². The van der Waals surface area contributed by atoms with Crippen LogP contribution in [-0.4, -0.2) is 42.3 Å². The van der Waals surface area contributed by atoms with Gasteiger partial charge in [0, 0.05) is 11.9 Å². The number of nitrogens with zero attached hydrogens (tertiary/aromatic N) is 2. The Morgan fingerprint density at radius 2 is 2.25 bits per heavy atom. The van der Waals surface area contributed by atoms with Crippen LogP contribution in [0.3, 0.4) is 0 Å². The molecule has 24 heavy (non-hydrogen) atoms. The van der Waals surface area contributed by atoms with Gasteiger partial charge >= 0.3 is 0 Å². The molecule has 0 radical (unpaired) electrons. The summed E-state index contributed by atoms with van der Waals surface area (Å²) in [4.78, 5) is 19.2. The number of hydrogen-bond acceptors (Lipinski definition) is 6. The van der Waals surface area contributed by atoms with E-state index in [-0.39, 0.29) is 18.7 Å². The minimum absolute atomic E-state index is 0.0767. The summed E-state index contributed by atoms with van der Waals surface area (Å²) < 4.78 is 16.3. The maximum absolute atomic E-state index is 12.8. The van der Waals surface area contributed by atoms with Crippen molar-refractivity contribution < 1.29 is 19.0 Å². The molecule has 4 rings (SSSR count). The van der Waals surface area contributed by atoms with Crippen LogP contribution < -0.4 is 9.47 Å². The molecule has 6 nitrogen and oxygen atoms in total. The van der Waals surface area contributed by atoms with Gasteiger partial charge in [-0.05, 0) is 24.6 Å². The van der Waals surface area contributed by atoms with E-state index >= 15 is 0 Å². The van der Waals surface area contributed by atoms with Crippen LogP contribution in [0.2, 0.25) is 0 Å². The van der Waals surface area contributed by atoms with E-state index in [2.05, 4.69) is 4.98 Å². The molecule has 1 saturated heterocycles. The van der Waals surface area contributed by atoms with Crippen LogP contribution in [0.1, 0.15) is 22.3 Å². The van der Waals surface area contributed by atoms with E-state index < -0.39 is 0 Å². The molecule has 1 aromatic carbocycles. The Kier molecular flexibility index (Phi) is 4.12. The third-order valence-corrected chi connectivity index (χ3v) is 5.01. The first kappa shape index (κ1) is 15.4. The highest BCUT2D eigenvalue weighted by molar-refractivity contribution is 7.09. The Bertz CT molecular complexity index is 761. The van der Waals surface area contributed by atoms with E-state index in [1.165, 1.54) is 0 Å². The summed E-state index contributed by atoms with van der Waals surface area (Å²) in [6, 6.07) is 5.53. The molecule has 1 fully saturated rings. The zero-order valence-corrected chi connectivity index (χ0v) is 14.2. The second-order valence-electron chi connectivity index (χ2n) is 5.83. The molecule has 0 N–H and O–H groups in total. The van der Waals surface area contributed by atoms with Crippen molar-refractivity contribution >= 4 is 17.2 Å². The number of amides is 1. The van der Waals surface area contributed by atoms with Gasteiger partial charge in [-0.2, -0.15) is 0 Å². The van der Waals surface area contributed by atoms with Crippen molar-refractivity contribution in [1.82, 2.24) is 9.88 Å². The summed E-state index contributed by atoms with van der Waals surface area (Å²) >= 11 is 1.59. The van der Waals surface area contributed by atoms with Gasteiger partial charge in [-0.3, -0.25) is 4.79 Å². The molecule has 2 aliphatic heterocycles. The van der Waals surface area contributed by atoms with Crippen molar-refractivity contribution in [2.75, 3.05) is 26.6 Å². The van der Waals surface area contributed by atoms with Crippen LogP contribution in [0.5, 0.6) is 11.5 Å². The molecule has 1 atom stereocenters. The second-order valence-corrected chi connectivity index (χ2v) is 6.90. The number of benzene rings is 1. The smallest absolute Gasteiger partial charge is 0.231 e. The zero-order valence-electron chi connectivity index (χ0n) is 13.4. The SMILES string of the molecule is Cc1nc([C@@H]2COCCN2C(=O)Cc2ccc3c(c2)OCO3)cs1. The molecule has 126 valence electrons. The fourth-order valence-corrected chi connectivity index (χ4v) is 3.67. The average molecular weight is 346 g/mol. The Balaban J connectivity index is 1.51. The molecule has 1 amide bonds. The number of ether oxygens (including phenoxy) is 3. The quantitative estimate of drug-likeness (QED) is 0.854. The van der Waals surface area contributed by atoms with Crippen LogP contribution in [0.4, 0.5) is 0 Å². The second kappa shape index (κ2) is 6.41. The predicted octanol–water partition coefficient (Wildman–Crippen LogP) is 2.32. The number of aromatic nitrogens is 1. The number of thiazole rings is 1. The lowest BCUT2D eigenvalue weighted by molar-refractivity contribution is -0.139. The molecular formula is C17H18N2O4S. The van der Waals surface area contributed by atoms with E-state index in [4.69, 9.17) is 14.2 Å². The first-order valence-electron chi connectivity index (χ1n) is 7.88. The molecule has 0 spiro atoms. The summed E-state index contributed by atoms with van der Waals surface area (Å²) in [5.41, 5.74) is 1.83. The Labute approximate surface area is 144 Å². The number of carbonyl (C=O) groups is 1. The molecule has 1 aromatic heterocycles. The van der Waals surface area contributed by atoms with Gasteiger partial charge in [0.25, 0.3) is 0 Å². The lowest BCUT2D eigenvalue weighted by atomic mass is 10.1. The molecule has 0 saturated carbocycles. The fraction of sp³-hybridized carbons (Fsp3) is 0.412. The summed E-state index contributed by atoms with van der Waals surface area (Å²) in [5, 5.41) is 3.01. The number of rotatable bonds is 3. The number of hydrogen-bond donors (Lipinski definition) is 0. The number of morpholine rings is 1. The molecule has 2 aromatic rings. The normalized spacial score (nSPS) is 19.5. The number of aryl methyl sites for hydroxylation is 1. The van der Waals surface area contributed by atoms with E-state index in [0.717, 1.165) is 22.0 Å². The van der Waals surface area contributed by atoms with Gasteiger partial charge in [-0.15, -0.1) is 11.3 Å². The molecule has 0 unspecified atom stereocenters. The average Bonchev–Trinajstić information content (AvgIpc) is 3.23. The Hall–Kier alpha value is -2.12. The van der Waals surface area contributed by atoms with E-state index in [9.17, 15) is 4.79 Å². The molecule has 3 heterocycles. The summed E-state index contributed by atoms with van der Waals surface area (Å²) in [7, 11) is 0. The minimum atomic E-state index is -0.106. The minimum Gasteiger partial charge on any atom is -0.454 e. The van der Waals surface area contributed by atoms with Gasteiger partial charge in [-0.1, -0.05) is 6.07 Å². The van der Waals surface area contributed by atoms with Crippen molar-refractivity contribution in [2.45, 2.75) is 19.4 Å². The lowest BCUT2D eigenvalue weighted by Crippen LogP contribution is -2.44. The van der Waals surface area contributed by atoms with Crippen molar-refractivity contribution in [3.05, 3.63) is 39.8 Å². The molecule has 7 heteroatoms. The summed E-state index contributed by atoms with van der Waals surface area (Å²) in [6.07, 6.45) is 0.330. The number of carbonyl (C=O) groups excluding carboxylic acids is 1. The zero-order chi connectivity index (χ0) is 16.5. The van der Waals surface area contributed by atoms with Crippen molar-refractivity contribution in [1.29, 1.82) is 0 Å². The Morgan fingerprint density at radius 1 is 1.38 bits per heavy atom. The van der Waals surface area contributed by atoms with Crippen LogP contribution >= 0.6 is 11.3 Å². The highest BCUT2D eigenvalue weighted by atomic mass is 32.1. The molecule has 2 aliphatic rings. The lowest BCUT2D eigenvalue weighted by Gasteiger charge is -2.34. The third kappa shape index (κ3) is 2.97. The van der Waals surface area contributed by atoms with Gasteiger partial charge in [-0.25, -0.2) is 4.98 Å². The van der Waals surface area contributed by atoms with Crippen LogP contribution in [0, 0.1) is 6.92 Å². The standard InChI is InChI=1S/C17H18N2O4S/c1-11-18-13(9-24-11)14-8-21-5-4-19(14)17(20)7-12-2-3-15-16(6-12)23-10-22-15/h2-3,6,9,14H,4-5,7-8,10H2,1H3/t14-/m0/s1.